The number of hydrogen-bond acceptors (Lipinski definition) is 4. The van der Waals surface area contributed by atoms with Crippen LogP contribution in [-0.4, -0.2) is 41.4 Å². The number of aliphatic hydroxyl groups is 1. The molecule has 0 saturated carbocycles. The van der Waals surface area contributed by atoms with Gasteiger partial charge < -0.3 is 15.2 Å². The summed E-state index contributed by atoms with van der Waals surface area (Å²) in [4.78, 5) is 15.4. The largest absolute Gasteiger partial charge is 0.468 e. The van der Waals surface area contributed by atoms with E-state index in [9.17, 15) is 23.1 Å². The van der Waals surface area contributed by atoms with E-state index in [0.717, 1.165) is 0 Å². The lowest BCUT2D eigenvalue weighted by atomic mass is 10.2. The summed E-state index contributed by atoms with van der Waals surface area (Å²) in [6.07, 6.45) is -3.99. The first-order valence-electron chi connectivity index (χ1n) is 6.44. The van der Waals surface area contributed by atoms with Gasteiger partial charge in [0.25, 0.3) is 5.91 Å². The number of ether oxygens (including phenoxy) is 1. The number of alkyl halides is 3. The van der Waals surface area contributed by atoms with Crippen molar-refractivity contribution in [2.45, 2.75) is 32.0 Å². The highest BCUT2D eigenvalue weighted by atomic mass is 19.4. The molecule has 0 aliphatic rings. The highest BCUT2D eigenvalue weighted by molar-refractivity contribution is 5.92. The number of nitrogens with zero attached hydrogens (tertiary/aromatic N) is 1. The third-order valence-corrected chi connectivity index (χ3v) is 2.57. The first-order chi connectivity index (χ1) is 9.81. The fourth-order valence-electron chi connectivity index (χ4n) is 1.42. The third-order valence-electron chi connectivity index (χ3n) is 2.57. The van der Waals surface area contributed by atoms with E-state index in [0.29, 0.717) is 12.8 Å². The Kier molecular flexibility index (Phi) is 6.41. The van der Waals surface area contributed by atoms with E-state index >= 15 is 0 Å². The van der Waals surface area contributed by atoms with Gasteiger partial charge in [-0.05, 0) is 18.9 Å². The molecule has 5 nitrogen and oxygen atoms in total. The molecule has 0 aliphatic carbocycles. The molecule has 1 rings (SSSR count). The van der Waals surface area contributed by atoms with Crippen LogP contribution in [0.4, 0.5) is 13.2 Å². The van der Waals surface area contributed by atoms with Gasteiger partial charge in [-0.1, -0.05) is 13.0 Å². The number of nitrogens with one attached hydrogen (secondary N) is 1. The monoisotopic (exact) mass is 306 g/mol. The molecular formula is C13H17F3N2O3. The van der Waals surface area contributed by atoms with Crippen molar-refractivity contribution in [3.63, 3.8) is 0 Å². The highest BCUT2D eigenvalue weighted by Crippen LogP contribution is 2.17. The topological polar surface area (TPSA) is 71.5 Å². The van der Waals surface area contributed by atoms with Gasteiger partial charge in [-0.3, -0.25) is 4.79 Å². The zero-order valence-corrected chi connectivity index (χ0v) is 11.5. The molecule has 0 radical (unpaired) electrons. The van der Waals surface area contributed by atoms with E-state index in [2.05, 4.69) is 15.0 Å². The fourth-order valence-corrected chi connectivity index (χ4v) is 1.42. The molecule has 0 spiro atoms. The molecule has 8 heteroatoms. The lowest BCUT2D eigenvalue weighted by Crippen LogP contribution is -2.28. The second-order valence-electron chi connectivity index (χ2n) is 4.37. The van der Waals surface area contributed by atoms with Crippen LogP contribution < -0.4 is 10.1 Å². The Bertz CT molecular complexity index is 466. The fraction of sp³-hybridized carbons (Fsp3) is 0.538. The van der Waals surface area contributed by atoms with Crippen LogP contribution in [0.3, 0.4) is 0 Å². The first-order valence-corrected chi connectivity index (χ1v) is 6.44. The van der Waals surface area contributed by atoms with Gasteiger partial charge in [0, 0.05) is 12.6 Å². The van der Waals surface area contributed by atoms with Crippen molar-refractivity contribution >= 4 is 5.91 Å². The molecule has 1 aromatic heterocycles. The number of aromatic nitrogens is 1. The van der Waals surface area contributed by atoms with Crippen LogP contribution in [0.2, 0.25) is 0 Å². The molecular weight excluding hydrogens is 289 g/mol. The number of aliphatic hydroxyl groups excluding tert-OH is 1. The molecule has 1 aromatic rings. The maximum atomic E-state index is 12.0. The van der Waals surface area contributed by atoms with E-state index < -0.39 is 24.8 Å². The third kappa shape index (κ3) is 6.94. The van der Waals surface area contributed by atoms with Crippen molar-refractivity contribution < 1.29 is 27.8 Å². The van der Waals surface area contributed by atoms with Crippen LogP contribution in [0.25, 0.3) is 0 Å². The van der Waals surface area contributed by atoms with Gasteiger partial charge in [0.2, 0.25) is 5.88 Å². The normalized spacial score (nSPS) is 12.8. The van der Waals surface area contributed by atoms with Crippen molar-refractivity contribution in [2.75, 3.05) is 13.2 Å². The average Bonchev–Trinajstić information content (AvgIpc) is 2.44. The summed E-state index contributed by atoms with van der Waals surface area (Å²) in [5.41, 5.74) is -0.0411. The van der Waals surface area contributed by atoms with Crippen molar-refractivity contribution in [1.82, 2.24) is 10.3 Å². The Balaban J connectivity index is 2.53. The van der Waals surface area contributed by atoms with E-state index in [-0.39, 0.29) is 18.1 Å². The lowest BCUT2D eigenvalue weighted by molar-refractivity contribution is -0.154. The molecule has 1 heterocycles. The van der Waals surface area contributed by atoms with E-state index in [4.69, 9.17) is 0 Å². The molecule has 1 atom stereocenters. The number of amides is 1. The Labute approximate surface area is 120 Å². The van der Waals surface area contributed by atoms with Gasteiger partial charge in [0.1, 0.15) is 5.69 Å². The van der Waals surface area contributed by atoms with E-state index in [1.165, 1.54) is 18.2 Å². The maximum absolute atomic E-state index is 12.0. The van der Waals surface area contributed by atoms with Crippen LogP contribution >= 0.6 is 0 Å². The quantitative estimate of drug-likeness (QED) is 0.807. The molecule has 21 heavy (non-hydrogen) atoms. The van der Waals surface area contributed by atoms with Gasteiger partial charge >= 0.3 is 6.18 Å². The van der Waals surface area contributed by atoms with Crippen molar-refractivity contribution in [2.24, 2.45) is 0 Å². The molecule has 2 N–H and O–H groups in total. The van der Waals surface area contributed by atoms with Gasteiger partial charge in [0.05, 0.1) is 6.10 Å². The Morgan fingerprint density at radius 1 is 1.48 bits per heavy atom. The second kappa shape index (κ2) is 7.82. The zero-order valence-electron chi connectivity index (χ0n) is 11.5. The van der Waals surface area contributed by atoms with Gasteiger partial charge in [-0.2, -0.15) is 13.2 Å². The van der Waals surface area contributed by atoms with Crippen LogP contribution in [0.5, 0.6) is 5.88 Å². The van der Waals surface area contributed by atoms with Crippen molar-refractivity contribution in [3.05, 3.63) is 23.9 Å². The standard InChI is InChI=1S/C13H17F3N2O3/c1-2-9(19)6-7-17-12(20)10-4-3-5-11(18-10)21-8-13(14,15)16/h3-5,9,19H,2,6-8H2,1H3,(H,17,20). The minimum absolute atomic E-state index is 0.0411. The number of carbonyl (C=O) groups is 1. The summed E-state index contributed by atoms with van der Waals surface area (Å²) in [6.45, 7) is 0.604. The number of halogens is 3. The molecule has 0 aromatic carbocycles. The maximum Gasteiger partial charge on any atom is 0.422 e. The Morgan fingerprint density at radius 3 is 2.81 bits per heavy atom. The summed E-state index contributed by atoms with van der Waals surface area (Å²) >= 11 is 0. The van der Waals surface area contributed by atoms with Crippen molar-refractivity contribution in [3.8, 4) is 5.88 Å². The molecule has 1 unspecified atom stereocenters. The molecule has 0 aliphatic heterocycles. The summed E-state index contributed by atoms with van der Waals surface area (Å²) in [7, 11) is 0. The molecule has 118 valence electrons. The highest BCUT2D eigenvalue weighted by Gasteiger charge is 2.28. The number of hydrogen-bond donors (Lipinski definition) is 2. The van der Waals surface area contributed by atoms with Crippen LogP contribution in [0.15, 0.2) is 18.2 Å². The summed E-state index contributed by atoms with van der Waals surface area (Å²) in [6, 6.07) is 3.99. The van der Waals surface area contributed by atoms with Crippen LogP contribution in [-0.2, 0) is 0 Å². The first kappa shape index (κ1) is 17.2. The smallest absolute Gasteiger partial charge is 0.422 e. The molecule has 0 saturated heterocycles. The second-order valence-corrected chi connectivity index (χ2v) is 4.37. The Hall–Kier alpha value is -1.83. The molecule has 0 fully saturated rings. The predicted octanol–water partition coefficient (Wildman–Crippen LogP) is 1.91. The minimum Gasteiger partial charge on any atom is -0.468 e. The predicted molar refractivity (Wildman–Crippen MR) is 69.0 cm³/mol. The molecule has 0 bridgehead atoms. The SMILES string of the molecule is CCC(O)CCNC(=O)c1cccc(OCC(F)(F)F)n1. The van der Waals surface area contributed by atoms with Gasteiger partial charge in [-0.15, -0.1) is 0 Å². The van der Waals surface area contributed by atoms with Crippen LogP contribution in [0.1, 0.15) is 30.3 Å². The summed E-state index contributed by atoms with van der Waals surface area (Å²) in [5, 5.41) is 11.9. The lowest BCUT2D eigenvalue weighted by Gasteiger charge is -2.10. The van der Waals surface area contributed by atoms with Gasteiger partial charge in [-0.25, -0.2) is 4.98 Å². The summed E-state index contributed by atoms with van der Waals surface area (Å²) < 4.78 is 40.5. The molecule has 1 amide bonds. The van der Waals surface area contributed by atoms with E-state index in [1.54, 1.807) is 0 Å². The van der Waals surface area contributed by atoms with Gasteiger partial charge in [0.15, 0.2) is 6.61 Å². The number of rotatable bonds is 7. The zero-order chi connectivity index (χ0) is 15.9. The van der Waals surface area contributed by atoms with Crippen molar-refractivity contribution in [1.29, 1.82) is 0 Å². The average molecular weight is 306 g/mol. The number of pyridine rings is 1. The number of carbonyl (C=O) groups excluding carboxylic acids is 1. The summed E-state index contributed by atoms with van der Waals surface area (Å²) in [5.74, 6) is -0.802. The van der Waals surface area contributed by atoms with Crippen LogP contribution in [0, 0.1) is 0 Å². The minimum atomic E-state index is -4.46. The Morgan fingerprint density at radius 2 is 2.19 bits per heavy atom. The van der Waals surface area contributed by atoms with E-state index in [1.807, 2.05) is 6.92 Å².